The van der Waals surface area contributed by atoms with Crippen LogP contribution in [0.4, 0.5) is 10.8 Å². The molecule has 1 heterocycles. The normalized spacial score (nSPS) is 12.6. The second-order valence-electron chi connectivity index (χ2n) is 7.55. The number of nitro benzene ring substituents is 1. The van der Waals surface area contributed by atoms with E-state index in [-0.39, 0.29) is 10.8 Å². The molecule has 1 unspecified atom stereocenters. The number of ether oxygens (including phenoxy) is 2. The van der Waals surface area contributed by atoms with Gasteiger partial charge in [-0.3, -0.25) is 29.8 Å². The summed E-state index contributed by atoms with van der Waals surface area (Å²) >= 11 is 0.883. The summed E-state index contributed by atoms with van der Waals surface area (Å²) in [5.74, 6) is -6.93. The number of thiazole rings is 1. The number of nitrogens with one attached hydrogen (secondary N) is 2. The molecule has 0 spiro atoms. The van der Waals surface area contributed by atoms with E-state index in [4.69, 9.17) is 0 Å². The number of rotatable bonds is 8. The van der Waals surface area contributed by atoms with Crippen molar-refractivity contribution in [3.05, 3.63) is 28.3 Å². The summed E-state index contributed by atoms with van der Waals surface area (Å²) < 4.78 is 9.59. The van der Waals surface area contributed by atoms with Crippen molar-refractivity contribution >= 4 is 61.7 Å². The standard InChI is InChI=1S/C19H21N5O8S/c1-19(2,3)23-22-13(17(28)32-5)12(16(27)31-4)14(25)15(26)21-18-20-10-7-6-9(24(29)30)8-11(10)33-18/h6-8,12,23H,1-5H3,(H,20,21,26)/b22-13-. The lowest BCUT2D eigenvalue weighted by molar-refractivity contribution is -0.384. The number of esters is 2. The quantitative estimate of drug-likeness (QED) is 0.140. The summed E-state index contributed by atoms with van der Waals surface area (Å²) in [5.41, 5.74) is 1.47. The molecule has 2 rings (SSSR count). The molecular formula is C19H21N5O8S. The predicted molar refractivity (Wildman–Crippen MR) is 118 cm³/mol. The van der Waals surface area contributed by atoms with Crippen LogP contribution in [0.1, 0.15) is 20.8 Å². The van der Waals surface area contributed by atoms with Crippen LogP contribution in [0, 0.1) is 16.0 Å². The van der Waals surface area contributed by atoms with Gasteiger partial charge in [0.1, 0.15) is 0 Å². The number of carbonyl (C=O) groups is 4. The first-order valence-electron chi connectivity index (χ1n) is 9.29. The number of non-ortho nitro benzene ring substituents is 1. The number of carbonyl (C=O) groups excluding carboxylic acids is 4. The molecule has 33 heavy (non-hydrogen) atoms. The van der Waals surface area contributed by atoms with Crippen molar-refractivity contribution in [2.75, 3.05) is 19.5 Å². The lowest BCUT2D eigenvalue weighted by atomic mass is 9.97. The molecule has 0 aliphatic heterocycles. The lowest BCUT2D eigenvalue weighted by Crippen LogP contribution is -2.45. The van der Waals surface area contributed by atoms with Crippen LogP contribution in [-0.2, 0) is 28.7 Å². The van der Waals surface area contributed by atoms with E-state index in [9.17, 15) is 29.3 Å². The van der Waals surface area contributed by atoms with Crippen molar-refractivity contribution in [2.45, 2.75) is 26.3 Å². The number of Topliss-reactive ketones (excluding diaryl/α,β-unsaturated/α-hetero) is 1. The Kier molecular flexibility index (Phi) is 7.76. The maximum Gasteiger partial charge on any atom is 0.355 e. The fourth-order valence-corrected chi connectivity index (χ4v) is 3.29. The molecule has 1 aromatic heterocycles. The Labute approximate surface area is 191 Å². The largest absolute Gasteiger partial charge is 0.468 e. The van der Waals surface area contributed by atoms with Gasteiger partial charge in [0.25, 0.3) is 11.6 Å². The summed E-state index contributed by atoms with van der Waals surface area (Å²) in [6.45, 7) is 5.14. The third kappa shape index (κ3) is 6.29. The third-order valence-corrected chi connectivity index (χ3v) is 4.84. The molecule has 0 aliphatic carbocycles. The molecule has 0 bridgehead atoms. The Morgan fingerprint density at radius 1 is 1.18 bits per heavy atom. The number of benzene rings is 1. The Hall–Kier alpha value is -3.94. The van der Waals surface area contributed by atoms with E-state index in [2.05, 4.69) is 30.3 Å². The smallest absolute Gasteiger partial charge is 0.355 e. The first-order valence-corrected chi connectivity index (χ1v) is 10.1. The van der Waals surface area contributed by atoms with Gasteiger partial charge in [-0.2, -0.15) is 5.10 Å². The fourth-order valence-electron chi connectivity index (χ4n) is 2.39. The van der Waals surface area contributed by atoms with Crippen molar-refractivity contribution in [2.24, 2.45) is 11.0 Å². The van der Waals surface area contributed by atoms with Crippen molar-refractivity contribution in [1.82, 2.24) is 10.4 Å². The molecule has 176 valence electrons. The number of ketones is 1. The molecule has 13 nitrogen and oxygen atoms in total. The van der Waals surface area contributed by atoms with Gasteiger partial charge in [-0.15, -0.1) is 0 Å². The molecule has 14 heteroatoms. The van der Waals surface area contributed by atoms with Gasteiger partial charge >= 0.3 is 11.9 Å². The highest BCUT2D eigenvalue weighted by molar-refractivity contribution is 7.22. The number of nitro groups is 1. The van der Waals surface area contributed by atoms with E-state index in [0.29, 0.717) is 10.2 Å². The Bertz CT molecular complexity index is 1150. The number of amides is 1. The van der Waals surface area contributed by atoms with Crippen molar-refractivity contribution < 1.29 is 33.6 Å². The van der Waals surface area contributed by atoms with Gasteiger partial charge < -0.3 is 14.9 Å². The molecule has 0 aliphatic rings. The van der Waals surface area contributed by atoms with Crippen molar-refractivity contribution in [3.8, 4) is 0 Å². The summed E-state index contributed by atoms with van der Waals surface area (Å²) in [7, 11) is 2.00. The third-order valence-electron chi connectivity index (χ3n) is 3.91. The van der Waals surface area contributed by atoms with E-state index in [1.165, 1.54) is 18.2 Å². The highest BCUT2D eigenvalue weighted by Gasteiger charge is 2.41. The van der Waals surface area contributed by atoms with Crippen LogP contribution in [0.3, 0.4) is 0 Å². The fraction of sp³-hybridized carbons (Fsp3) is 0.368. The average molecular weight is 479 g/mol. The Balaban J connectivity index is 2.37. The molecule has 0 fully saturated rings. The number of hydrogen-bond acceptors (Lipinski definition) is 12. The minimum Gasteiger partial charge on any atom is -0.468 e. The topological polar surface area (TPSA) is 179 Å². The molecule has 1 aromatic carbocycles. The Morgan fingerprint density at radius 3 is 2.39 bits per heavy atom. The molecule has 0 radical (unpaired) electrons. The minimum absolute atomic E-state index is 0.0446. The zero-order chi connectivity index (χ0) is 24.9. The molecule has 1 amide bonds. The molecule has 0 saturated heterocycles. The van der Waals surface area contributed by atoms with Gasteiger partial charge in [0.15, 0.2) is 16.8 Å². The average Bonchev–Trinajstić information content (AvgIpc) is 3.15. The molecule has 2 aromatic rings. The second kappa shape index (κ2) is 10.1. The molecular weight excluding hydrogens is 458 g/mol. The zero-order valence-corrected chi connectivity index (χ0v) is 19.1. The number of hydrazone groups is 1. The van der Waals surface area contributed by atoms with Crippen LogP contribution in [0.15, 0.2) is 23.3 Å². The van der Waals surface area contributed by atoms with Gasteiger partial charge in [0.05, 0.1) is 29.4 Å². The first-order chi connectivity index (χ1) is 15.4. The van der Waals surface area contributed by atoms with E-state index >= 15 is 0 Å². The number of aromatic nitrogens is 1. The number of methoxy groups -OCH3 is 2. The van der Waals surface area contributed by atoms with Gasteiger partial charge in [-0.1, -0.05) is 11.3 Å². The highest BCUT2D eigenvalue weighted by Crippen LogP contribution is 2.29. The summed E-state index contributed by atoms with van der Waals surface area (Å²) in [4.78, 5) is 64.4. The SMILES string of the molecule is COC(=O)/C(=N\NC(C)(C)C)C(C(=O)OC)C(=O)C(=O)Nc1nc2ccc([N+](=O)[O-])cc2s1. The monoisotopic (exact) mass is 479 g/mol. The van der Waals surface area contributed by atoms with E-state index in [0.717, 1.165) is 25.6 Å². The first kappa shape index (κ1) is 25.3. The van der Waals surface area contributed by atoms with Crippen LogP contribution in [0.2, 0.25) is 0 Å². The summed E-state index contributed by atoms with van der Waals surface area (Å²) in [6.07, 6.45) is 0. The minimum atomic E-state index is -2.01. The van der Waals surface area contributed by atoms with E-state index in [1.807, 2.05) is 0 Å². The maximum absolute atomic E-state index is 12.9. The molecule has 1 atom stereocenters. The van der Waals surface area contributed by atoms with Crippen LogP contribution >= 0.6 is 11.3 Å². The van der Waals surface area contributed by atoms with Crippen LogP contribution in [0.25, 0.3) is 10.2 Å². The number of fused-ring (bicyclic) bond motifs is 1. The molecule has 2 N–H and O–H groups in total. The van der Waals surface area contributed by atoms with Crippen molar-refractivity contribution in [3.63, 3.8) is 0 Å². The van der Waals surface area contributed by atoms with Gasteiger partial charge in [0, 0.05) is 17.7 Å². The predicted octanol–water partition coefficient (Wildman–Crippen LogP) is 1.42. The Morgan fingerprint density at radius 2 is 1.85 bits per heavy atom. The maximum atomic E-state index is 12.9. The summed E-state index contributed by atoms with van der Waals surface area (Å²) in [6, 6.07) is 3.90. The number of nitrogens with zero attached hydrogens (tertiary/aromatic N) is 3. The lowest BCUT2D eigenvalue weighted by Gasteiger charge is -2.20. The van der Waals surface area contributed by atoms with E-state index < -0.39 is 45.7 Å². The van der Waals surface area contributed by atoms with Crippen LogP contribution in [-0.4, -0.2) is 59.0 Å². The number of anilines is 1. The van der Waals surface area contributed by atoms with Gasteiger partial charge in [-0.05, 0) is 26.8 Å². The van der Waals surface area contributed by atoms with Gasteiger partial charge in [0.2, 0.25) is 5.78 Å². The molecule has 0 saturated carbocycles. The van der Waals surface area contributed by atoms with Crippen molar-refractivity contribution in [1.29, 1.82) is 0 Å². The number of hydrogen-bond donors (Lipinski definition) is 2. The zero-order valence-electron chi connectivity index (χ0n) is 18.3. The second-order valence-corrected chi connectivity index (χ2v) is 8.58. The summed E-state index contributed by atoms with van der Waals surface area (Å²) in [5, 5.41) is 16.9. The van der Waals surface area contributed by atoms with Crippen LogP contribution < -0.4 is 10.7 Å². The van der Waals surface area contributed by atoms with Crippen LogP contribution in [0.5, 0.6) is 0 Å². The van der Waals surface area contributed by atoms with E-state index in [1.54, 1.807) is 20.8 Å². The highest BCUT2D eigenvalue weighted by atomic mass is 32.1. The van der Waals surface area contributed by atoms with Gasteiger partial charge in [-0.25, -0.2) is 9.78 Å².